The first-order valence-electron chi connectivity index (χ1n) is 9.63. The van der Waals surface area contributed by atoms with E-state index in [0.717, 1.165) is 0 Å². The molecule has 0 aromatic heterocycles. The van der Waals surface area contributed by atoms with Gasteiger partial charge in [0.15, 0.2) is 17.3 Å². The summed E-state index contributed by atoms with van der Waals surface area (Å²) >= 11 is 6.11. The van der Waals surface area contributed by atoms with E-state index in [4.69, 9.17) is 21.1 Å². The van der Waals surface area contributed by atoms with Gasteiger partial charge < -0.3 is 14.8 Å². The SMILES string of the molecule is CCOc1ccc(C(=O)Nc2ccc(Cl)cc2C(=O)c2ccccc2)cc1OCC. The van der Waals surface area contributed by atoms with E-state index in [1.807, 2.05) is 19.9 Å². The van der Waals surface area contributed by atoms with Crippen molar-refractivity contribution in [2.45, 2.75) is 13.8 Å². The Balaban J connectivity index is 1.90. The van der Waals surface area contributed by atoms with Gasteiger partial charge in [-0.2, -0.15) is 0 Å². The number of carbonyl (C=O) groups is 2. The van der Waals surface area contributed by atoms with E-state index in [1.54, 1.807) is 60.7 Å². The van der Waals surface area contributed by atoms with Crippen LogP contribution in [0.5, 0.6) is 11.5 Å². The van der Waals surface area contributed by atoms with E-state index in [2.05, 4.69) is 5.32 Å². The van der Waals surface area contributed by atoms with Gasteiger partial charge in [0.05, 0.1) is 18.9 Å². The predicted molar refractivity (Wildman–Crippen MR) is 118 cm³/mol. The molecule has 0 heterocycles. The van der Waals surface area contributed by atoms with Crippen molar-refractivity contribution >= 4 is 29.0 Å². The second kappa shape index (κ2) is 9.94. The molecule has 3 aromatic carbocycles. The lowest BCUT2D eigenvalue weighted by atomic mass is 10.0. The maximum absolute atomic E-state index is 12.9. The van der Waals surface area contributed by atoms with E-state index in [-0.39, 0.29) is 11.7 Å². The van der Waals surface area contributed by atoms with Gasteiger partial charge in [-0.1, -0.05) is 41.9 Å². The highest BCUT2D eigenvalue weighted by Gasteiger charge is 2.18. The van der Waals surface area contributed by atoms with E-state index in [9.17, 15) is 9.59 Å². The van der Waals surface area contributed by atoms with E-state index in [1.165, 1.54) is 0 Å². The summed E-state index contributed by atoms with van der Waals surface area (Å²) in [4.78, 5) is 25.8. The zero-order valence-electron chi connectivity index (χ0n) is 16.8. The maximum Gasteiger partial charge on any atom is 0.255 e. The number of hydrogen-bond donors (Lipinski definition) is 1. The maximum atomic E-state index is 12.9. The van der Waals surface area contributed by atoms with Crippen molar-refractivity contribution in [2.75, 3.05) is 18.5 Å². The van der Waals surface area contributed by atoms with Crippen LogP contribution in [0.2, 0.25) is 5.02 Å². The standard InChI is InChI=1S/C24H22ClNO4/c1-3-29-21-13-10-17(14-22(21)30-4-2)24(28)26-20-12-11-18(25)15-19(20)23(27)16-8-6-5-7-9-16/h5-15H,3-4H2,1-2H3,(H,26,28). The van der Waals surface area contributed by atoms with Crippen LogP contribution < -0.4 is 14.8 Å². The summed E-state index contributed by atoms with van der Waals surface area (Å²) in [5.74, 6) is 0.463. The molecule has 0 saturated heterocycles. The van der Waals surface area contributed by atoms with Crippen LogP contribution >= 0.6 is 11.6 Å². The normalized spacial score (nSPS) is 10.4. The van der Waals surface area contributed by atoms with Crippen molar-refractivity contribution in [3.05, 3.63) is 88.4 Å². The summed E-state index contributed by atoms with van der Waals surface area (Å²) in [6.45, 7) is 4.67. The fourth-order valence-corrected chi connectivity index (χ4v) is 3.12. The lowest BCUT2D eigenvalue weighted by molar-refractivity contribution is 0.102. The van der Waals surface area contributed by atoms with Crippen molar-refractivity contribution in [1.29, 1.82) is 0 Å². The molecule has 0 fully saturated rings. The zero-order valence-corrected chi connectivity index (χ0v) is 17.5. The van der Waals surface area contributed by atoms with Crippen LogP contribution in [-0.4, -0.2) is 24.9 Å². The molecule has 0 saturated carbocycles. The number of hydrogen-bond acceptors (Lipinski definition) is 4. The first-order valence-corrected chi connectivity index (χ1v) is 10.0. The number of benzene rings is 3. The number of ketones is 1. The Morgan fingerprint density at radius 2 is 1.53 bits per heavy atom. The van der Waals surface area contributed by atoms with Gasteiger partial charge in [-0.05, 0) is 50.2 Å². The number of ether oxygens (including phenoxy) is 2. The number of amides is 1. The predicted octanol–water partition coefficient (Wildman–Crippen LogP) is 5.62. The quantitative estimate of drug-likeness (QED) is 0.477. The van der Waals surface area contributed by atoms with Crippen LogP contribution in [0.15, 0.2) is 66.7 Å². The van der Waals surface area contributed by atoms with Crippen molar-refractivity contribution < 1.29 is 19.1 Å². The van der Waals surface area contributed by atoms with E-state index in [0.29, 0.717) is 52.1 Å². The molecular weight excluding hydrogens is 402 g/mol. The molecular formula is C24H22ClNO4. The molecule has 3 aromatic rings. The number of rotatable bonds is 8. The van der Waals surface area contributed by atoms with Crippen LogP contribution in [0, 0.1) is 0 Å². The van der Waals surface area contributed by atoms with E-state index >= 15 is 0 Å². The molecule has 0 unspecified atom stereocenters. The zero-order chi connectivity index (χ0) is 21.5. The van der Waals surface area contributed by atoms with Gasteiger partial charge in [0.25, 0.3) is 5.91 Å². The van der Waals surface area contributed by atoms with Gasteiger partial charge >= 0.3 is 0 Å². The molecule has 1 amide bonds. The molecule has 1 N–H and O–H groups in total. The average Bonchev–Trinajstić information content (AvgIpc) is 2.76. The molecule has 0 aliphatic carbocycles. The lowest BCUT2D eigenvalue weighted by Gasteiger charge is -2.14. The second-order valence-corrected chi connectivity index (χ2v) is 6.80. The molecule has 0 atom stereocenters. The first kappa shape index (κ1) is 21.4. The van der Waals surface area contributed by atoms with Crippen molar-refractivity contribution in [2.24, 2.45) is 0 Å². The van der Waals surface area contributed by atoms with Crippen molar-refractivity contribution in [1.82, 2.24) is 0 Å². The smallest absolute Gasteiger partial charge is 0.255 e. The van der Waals surface area contributed by atoms with Crippen LogP contribution in [-0.2, 0) is 0 Å². The molecule has 154 valence electrons. The van der Waals surface area contributed by atoms with Crippen LogP contribution in [0.4, 0.5) is 5.69 Å². The monoisotopic (exact) mass is 423 g/mol. The average molecular weight is 424 g/mol. The Morgan fingerprint density at radius 1 is 0.833 bits per heavy atom. The Bertz CT molecular complexity index is 1050. The number of nitrogens with one attached hydrogen (secondary N) is 1. The topological polar surface area (TPSA) is 64.6 Å². The second-order valence-electron chi connectivity index (χ2n) is 6.37. The summed E-state index contributed by atoms with van der Waals surface area (Å²) < 4.78 is 11.1. The molecule has 0 radical (unpaired) electrons. The fraction of sp³-hybridized carbons (Fsp3) is 0.167. The van der Waals surface area contributed by atoms with Gasteiger partial charge in [0.2, 0.25) is 0 Å². The molecule has 6 heteroatoms. The molecule has 0 aliphatic rings. The molecule has 5 nitrogen and oxygen atoms in total. The first-order chi connectivity index (χ1) is 14.5. The molecule has 0 bridgehead atoms. The number of anilines is 1. The third-order valence-electron chi connectivity index (χ3n) is 4.32. The largest absolute Gasteiger partial charge is 0.490 e. The molecule has 30 heavy (non-hydrogen) atoms. The highest BCUT2D eigenvalue weighted by molar-refractivity contribution is 6.31. The van der Waals surface area contributed by atoms with Gasteiger partial charge in [0.1, 0.15) is 0 Å². The Hall–Kier alpha value is -3.31. The lowest BCUT2D eigenvalue weighted by Crippen LogP contribution is -2.15. The summed E-state index contributed by atoms with van der Waals surface area (Å²) in [6.07, 6.45) is 0. The van der Waals surface area contributed by atoms with Gasteiger partial charge in [-0.15, -0.1) is 0 Å². The van der Waals surface area contributed by atoms with Crippen molar-refractivity contribution in [3.63, 3.8) is 0 Å². The van der Waals surface area contributed by atoms with Gasteiger partial charge in [0, 0.05) is 21.7 Å². The third kappa shape index (κ3) is 4.99. The van der Waals surface area contributed by atoms with Gasteiger partial charge in [-0.3, -0.25) is 9.59 Å². The van der Waals surface area contributed by atoms with Crippen LogP contribution in [0.1, 0.15) is 40.1 Å². The Labute approximate surface area is 180 Å². The van der Waals surface area contributed by atoms with E-state index < -0.39 is 0 Å². The molecule has 3 rings (SSSR count). The minimum Gasteiger partial charge on any atom is -0.490 e. The fourth-order valence-electron chi connectivity index (χ4n) is 2.95. The minimum absolute atomic E-state index is 0.227. The third-order valence-corrected chi connectivity index (χ3v) is 4.55. The summed E-state index contributed by atoms with van der Waals surface area (Å²) in [5.41, 5.74) is 1.59. The summed E-state index contributed by atoms with van der Waals surface area (Å²) in [6, 6.07) is 18.6. The van der Waals surface area contributed by atoms with Crippen LogP contribution in [0.3, 0.4) is 0 Å². The highest BCUT2D eigenvalue weighted by atomic mass is 35.5. The van der Waals surface area contributed by atoms with Crippen LogP contribution in [0.25, 0.3) is 0 Å². The summed E-state index contributed by atoms with van der Waals surface area (Å²) in [5, 5.41) is 3.22. The Morgan fingerprint density at radius 3 is 2.23 bits per heavy atom. The highest BCUT2D eigenvalue weighted by Crippen LogP contribution is 2.30. The molecule has 0 aliphatic heterocycles. The van der Waals surface area contributed by atoms with Gasteiger partial charge in [-0.25, -0.2) is 0 Å². The number of halogens is 1. The summed E-state index contributed by atoms with van der Waals surface area (Å²) in [7, 11) is 0. The molecule has 0 spiro atoms. The number of carbonyl (C=O) groups excluding carboxylic acids is 2. The Kier molecular flexibility index (Phi) is 7.09. The minimum atomic E-state index is -0.372. The van der Waals surface area contributed by atoms with Crippen molar-refractivity contribution in [3.8, 4) is 11.5 Å².